The van der Waals surface area contributed by atoms with E-state index in [1.165, 1.54) is 0 Å². The highest BCUT2D eigenvalue weighted by molar-refractivity contribution is 6.30. The van der Waals surface area contributed by atoms with Crippen LogP contribution >= 0.6 is 11.6 Å². The Labute approximate surface area is 107 Å². The van der Waals surface area contributed by atoms with Gasteiger partial charge >= 0.3 is 0 Å². The third-order valence-electron chi connectivity index (χ3n) is 2.35. The number of halogens is 1. The molecule has 1 rings (SSSR count). The Balaban J connectivity index is 2.78. The Bertz CT molecular complexity index is 365. The molecule has 0 aliphatic rings. The maximum atomic E-state index is 11.7. The summed E-state index contributed by atoms with van der Waals surface area (Å²) in [5.41, 5.74) is 0. The molecule has 0 spiro atoms. The molecule has 0 aromatic carbocycles. The topological polar surface area (TPSA) is 36.4 Å². The number of carbonyl (C=O) groups is 1. The summed E-state index contributed by atoms with van der Waals surface area (Å²) in [7, 11) is 3.50. The lowest BCUT2D eigenvalue weighted by Gasteiger charge is -2.24. The minimum absolute atomic E-state index is 0.0650. The van der Waals surface area contributed by atoms with Gasteiger partial charge in [0.25, 0.3) is 0 Å². The van der Waals surface area contributed by atoms with Crippen LogP contribution in [0.25, 0.3) is 0 Å². The summed E-state index contributed by atoms with van der Waals surface area (Å²) in [6.45, 7) is 3.22. The van der Waals surface area contributed by atoms with Crippen molar-refractivity contribution in [2.45, 2.75) is 13.3 Å². The largest absolute Gasteiger partial charge is 0.347 e. The van der Waals surface area contributed by atoms with Crippen LogP contribution in [0.1, 0.15) is 13.3 Å². The predicted molar refractivity (Wildman–Crippen MR) is 70.4 cm³/mol. The van der Waals surface area contributed by atoms with Gasteiger partial charge in [-0.2, -0.15) is 0 Å². The predicted octanol–water partition coefficient (Wildman–Crippen LogP) is 2.04. The van der Waals surface area contributed by atoms with E-state index in [9.17, 15) is 4.79 Å². The second-order valence-electron chi connectivity index (χ2n) is 4.04. The van der Waals surface area contributed by atoms with E-state index in [0.717, 1.165) is 18.8 Å². The second-order valence-corrected chi connectivity index (χ2v) is 4.48. The van der Waals surface area contributed by atoms with Gasteiger partial charge in [-0.15, -0.1) is 0 Å². The third-order valence-corrected chi connectivity index (χ3v) is 2.58. The van der Waals surface area contributed by atoms with Gasteiger partial charge in [-0.3, -0.25) is 4.79 Å². The third kappa shape index (κ3) is 4.23. The Hall–Kier alpha value is -1.29. The number of likely N-dealkylation sites (N-methyl/N-ethyl adjacent to an activating group) is 1. The summed E-state index contributed by atoms with van der Waals surface area (Å²) in [6, 6.07) is 3.62. The van der Waals surface area contributed by atoms with Gasteiger partial charge in [-0.25, -0.2) is 4.98 Å². The molecule has 0 aliphatic carbocycles. The highest BCUT2D eigenvalue weighted by atomic mass is 35.5. The van der Waals surface area contributed by atoms with Crippen LogP contribution in [0, 0.1) is 0 Å². The molecule has 0 saturated carbocycles. The molecular weight excluding hydrogens is 238 g/mol. The molecule has 0 fully saturated rings. The van der Waals surface area contributed by atoms with E-state index in [1.807, 2.05) is 11.0 Å². The first-order valence-electron chi connectivity index (χ1n) is 5.61. The van der Waals surface area contributed by atoms with Gasteiger partial charge in [0.15, 0.2) is 0 Å². The molecule has 1 heterocycles. The van der Waals surface area contributed by atoms with Crippen LogP contribution in [0.4, 0.5) is 5.82 Å². The van der Waals surface area contributed by atoms with Crippen LogP contribution in [-0.2, 0) is 4.79 Å². The van der Waals surface area contributed by atoms with E-state index in [0.29, 0.717) is 11.6 Å². The highest BCUT2D eigenvalue weighted by Gasteiger charge is 2.13. The van der Waals surface area contributed by atoms with Crippen molar-refractivity contribution < 1.29 is 4.79 Å². The molecule has 0 unspecified atom stereocenters. The van der Waals surface area contributed by atoms with Crippen LogP contribution in [0.5, 0.6) is 0 Å². The van der Waals surface area contributed by atoms with Crippen LogP contribution in [0.2, 0.25) is 5.02 Å². The molecule has 0 bridgehead atoms. The van der Waals surface area contributed by atoms with Crippen molar-refractivity contribution in [2.75, 3.05) is 32.1 Å². The normalized spacial score (nSPS) is 10.1. The lowest BCUT2D eigenvalue weighted by atomic mass is 10.3. The number of hydrogen-bond donors (Lipinski definition) is 0. The maximum Gasteiger partial charge on any atom is 0.241 e. The lowest BCUT2D eigenvalue weighted by molar-refractivity contribution is -0.127. The number of nitrogens with zero attached hydrogens (tertiary/aromatic N) is 3. The average Bonchev–Trinajstić information content (AvgIpc) is 2.29. The van der Waals surface area contributed by atoms with E-state index < -0.39 is 0 Å². The zero-order valence-electron chi connectivity index (χ0n) is 10.5. The van der Waals surface area contributed by atoms with E-state index in [2.05, 4.69) is 11.9 Å². The molecule has 17 heavy (non-hydrogen) atoms. The molecule has 0 atom stereocenters. The van der Waals surface area contributed by atoms with Crippen molar-refractivity contribution in [3.8, 4) is 0 Å². The van der Waals surface area contributed by atoms with Gasteiger partial charge in [0.2, 0.25) is 5.91 Å². The van der Waals surface area contributed by atoms with Crippen molar-refractivity contribution in [3.63, 3.8) is 0 Å². The first kappa shape index (κ1) is 13.8. The van der Waals surface area contributed by atoms with Crippen LogP contribution in [0.15, 0.2) is 18.3 Å². The quantitative estimate of drug-likeness (QED) is 0.808. The van der Waals surface area contributed by atoms with E-state index in [4.69, 9.17) is 11.6 Å². The molecule has 0 N–H and O–H groups in total. The van der Waals surface area contributed by atoms with Crippen molar-refractivity contribution in [1.29, 1.82) is 0 Å². The summed E-state index contributed by atoms with van der Waals surface area (Å²) in [4.78, 5) is 19.5. The minimum Gasteiger partial charge on any atom is -0.347 e. The molecule has 0 aliphatic heterocycles. The average molecular weight is 256 g/mol. The molecule has 1 amide bonds. The van der Waals surface area contributed by atoms with E-state index in [1.54, 1.807) is 31.3 Å². The Morgan fingerprint density at radius 3 is 2.59 bits per heavy atom. The van der Waals surface area contributed by atoms with Crippen molar-refractivity contribution in [2.24, 2.45) is 0 Å². The lowest BCUT2D eigenvalue weighted by Crippen LogP contribution is -2.37. The number of aromatic nitrogens is 1. The number of anilines is 1. The van der Waals surface area contributed by atoms with Gasteiger partial charge in [0.05, 0.1) is 11.6 Å². The summed E-state index contributed by atoms with van der Waals surface area (Å²) < 4.78 is 0. The highest BCUT2D eigenvalue weighted by Crippen LogP contribution is 2.14. The summed E-state index contributed by atoms with van der Waals surface area (Å²) in [5.74, 6) is 0.849. The van der Waals surface area contributed by atoms with Crippen molar-refractivity contribution >= 4 is 23.3 Å². The molecule has 1 aromatic heterocycles. The van der Waals surface area contributed by atoms with E-state index >= 15 is 0 Å². The van der Waals surface area contributed by atoms with E-state index in [-0.39, 0.29) is 5.91 Å². The maximum absolute atomic E-state index is 11.7. The van der Waals surface area contributed by atoms with Crippen LogP contribution in [0.3, 0.4) is 0 Å². The fraction of sp³-hybridized carbons (Fsp3) is 0.500. The standard InChI is InChI=1S/C12H18ClN3O/c1-4-7-16(9-12(17)15(2)3)11-6-5-10(13)8-14-11/h5-6,8H,4,7,9H2,1-3H3. The SMILES string of the molecule is CCCN(CC(=O)N(C)C)c1ccc(Cl)cn1. The summed E-state index contributed by atoms with van der Waals surface area (Å²) in [6.07, 6.45) is 2.56. The second kappa shape index (κ2) is 6.45. The number of carbonyl (C=O) groups excluding carboxylic acids is 1. The molecular formula is C12H18ClN3O. The fourth-order valence-corrected chi connectivity index (χ4v) is 1.52. The molecule has 94 valence electrons. The monoisotopic (exact) mass is 255 g/mol. The Kier molecular flexibility index (Phi) is 5.22. The first-order chi connectivity index (χ1) is 8.04. The van der Waals surface area contributed by atoms with Gasteiger partial charge in [-0.05, 0) is 18.6 Å². The Morgan fingerprint density at radius 1 is 1.41 bits per heavy atom. The molecule has 5 heteroatoms. The smallest absolute Gasteiger partial charge is 0.241 e. The van der Waals surface area contributed by atoms with Crippen LogP contribution < -0.4 is 4.90 Å². The van der Waals surface area contributed by atoms with Crippen LogP contribution in [-0.4, -0.2) is 43.0 Å². The van der Waals surface area contributed by atoms with Crippen molar-refractivity contribution in [3.05, 3.63) is 23.4 Å². The number of pyridine rings is 1. The minimum atomic E-state index is 0.0650. The van der Waals surface area contributed by atoms with Gasteiger partial charge in [-0.1, -0.05) is 18.5 Å². The van der Waals surface area contributed by atoms with Gasteiger partial charge in [0.1, 0.15) is 5.82 Å². The zero-order valence-corrected chi connectivity index (χ0v) is 11.2. The molecule has 1 aromatic rings. The summed E-state index contributed by atoms with van der Waals surface area (Å²) >= 11 is 5.79. The summed E-state index contributed by atoms with van der Waals surface area (Å²) in [5, 5.41) is 0.601. The number of amides is 1. The molecule has 0 radical (unpaired) electrons. The number of hydrogen-bond acceptors (Lipinski definition) is 3. The Morgan fingerprint density at radius 2 is 2.12 bits per heavy atom. The molecule has 4 nitrogen and oxygen atoms in total. The zero-order chi connectivity index (χ0) is 12.8. The van der Waals surface area contributed by atoms with Crippen molar-refractivity contribution in [1.82, 2.24) is 9.88 Å². The van der Waals surface area contributed by atoms with Gasteiger partial charge < -0.3 is 9.80 Å². The van der Waals surface area contributed by atoms with Gasteiger partial charge in [0, 0.05) is 26.8 Å². The molecule has 0 saturated heterocycles. The fourth-order valence-electron chi connectivity index (χ4n) is 1.40. The number of rotatable bonds is 5. The first-order valence-corrected chi connectivity index (χ1v) is 5.99.